The van der Waals surface area contributed by atoms with E-state index in [-0.39, 0.29) is 21.7 Å². The van der Waals surface area contributed by atoms with Crippen LogP contribution in [0.3, 0.4) is 0 Å². The van der Waals surface area contributed by atoms with Crippen LogP contribution in [0.1, 0.15) is 149 Å². The van der Waals surface area contributed by atoms with E-state index in [2.05, 4.69) is 484 Å². The number of aryl methyl sites for hydroxylation is 8. The molecule has 10 nitrogen and oxygen atoms in total. The van der Waals surface area contributed by atoms with E-state index in [0.29, 0.717) is 0 Å². The molecule has 0 saturated carbocycles. The average Bonchev–Trinajstić information content (AvgIpc) is 1.53. The van der Waals surface area contributed by atoms with Crippen molar-refractivity contribution >= 4 is 243 Å². The van der Waals surface area contributed by atoms with Crippen molar-refractivity contribution in [3.63, 3.8) is 0 Å². The first-order chi connectivity index (χ1) is 70.5. The van der Waals surface area contributed by atoms with Crippen LogP contribution in [0, 0.1) is 55.4 Å². The number of benzene rings is 20. The molecule has 0 aliphatic rings. The molecule has 0 fully saturated rings. The van der Waals surface area contributed by atoms with Crippen LogP contribution in [0.25, 0.3) is 175 Å². The van der Waals surface area contributed by atoms with Gasteiger partial charge in [0, 0.05) is 155 Å². The van der Waals surface area contributed by atoms with Gasteiger partial charge in [-0.05, 0) is 217 Å². The monoisotopic (exact) mass is 1900 g/mol. The van der Waals surface area contributed by atoms with Crippen molar-refractivity contribution in [3.05, 3.63) is 406 Å². The molecule has 0 saturated heterocycles. The highest BCUT2D eigenvalue weighted by molar-refractivity contribution is 6.33. The highest BCUT2D eigenvalue weighted by Crippen LogP contribution is 2.58. The number of anilines is 12. The first-order valence-electron chi connectivity index (χ1n) is 51.4. The summed E-state index contributed by atoms with van der Waals surface area (Å²) < 4.78 is 45.2. The summed E-state index contributed by atoms with van der Waals surface area (Å²) in [5.41, 5.74) is 34.7. The second kappa shape index (κ2) is 33.0. The van der Waals surface area contributed by atoms with Gasteiger partial charge in [0.05, 0.1) is 45.5 Å². The van der Waals surface area contributed by atoms with Crippen molar-refractivity contribution in [2.45, 2.75) is 159 Å². The van der Waals surface area contributed by atoms with Crippen LogP contribution in [0.5, 0.6) is 0 Å². The Hall–Kier alpha value is -16.6. The minimum atomic E-state index is -0.388. The molecule has 0 spiro atoms. The van der Waals surface area contributed by atoms with Crippen LogP contribution in [0.2, 0.25) is 0 Å². The number of nitrogens with zero attached hydrogens (tertiary/aromatic N) is 4. The third-order valence-electron chi connectivity index (χ3n) is 32.0. The van der Waals surface area contributed by atoms with E-state index in [1.807, 2.05) is 0 Å². The fourth-order valence-electron chi connectivity index (χ4n) is 24.0. The van der Waals surface area contributed by atoms with Gasteiger partial charge >= 0.3 is 0 Å². The Balaban J connectivity index is 0.575. The molecule has 714 valence electrons. The van der Waals surface area contributed by atoms with Crippen LogP contribution in [0.4, 0.5) is 68.2 Å². The molecule has 0 aliphatic carbocycles. The summed E-state index contributed by atoms with van der Waals surface area (Å²) in [5, 5.41) is 21.5. The van der Waals surface area contributed by atoms with Gasteiger partial charge in [-0.3, -0.25) is 0 Å². The smallest absolute Gasteiger partial charge is 0.159 e. The Morgan fingerprint density at radius 1 is 0.178 bits per heavy atom. The molecule has 26 aromatic rings. The molecule has 0 radical (unpaired) electrons. The molecule has 6 heterocycles. The molecule has 10 heteroatoms. The first kappa shape index (κ1) is 89.5. The Kier molecular flexibility index (Phi) is 20.2. The predicted molar refractivity (Wildman–Crippen MR) is 616 cm³/mol. The second-order valence-corrected chi connectivity index (χ2v) is 44.4. The summed E-state index contributed by atoms with van der Waals surface area (Å²) in [5.74, 6) is 0. The van der Waals surface area contributed by atoms with Crippen molar-refractivity contribution in [1.29, 1.82) is 0 Å². The summed E-state index contributed by atoms with van der Waals surface area (Å²) in [7, 11) is 0. The molecular weight excluding hydrogens is 1790 g/mol. The van der Waals surface area contributed by atoms with E-state index < -0.39 is 0 Å². The van der Waals surface area contributed by atoms with E-state index in [9.17, 15) is 0 Å². The standard InChI is InChI=1S/C136H114N4O6/c1-77-59-61-81(5)111(69-77)139(109-57-33-49-100-96-44-28-52-104(134(12,13)14)126(96)144-131(100)109)115-75-119-123(93-41-25-21-37-89(93)115)124-94-42-26-22-38-90(94)116(76-120(124)142-119)140(112-70-78(2)60-62-82(112)6)110-58-34-50-102-98-46-30-54-106(128(98)146-132(102)110)136(17,18)68-67-135(15,16)105-53-29-45-97-101-48-32-56-108(130(101)145-127(97)105)138(86-66-64-80(4)84(8)72-86)114-74-118-122(92-40-24-20-36-88(92)114)121-91-39-23-19-35-87(91)113(73-117(121)141-118)137(85-65-63-79(3)83(7)71-85)107-55-31-47-99-95-43-27-51-103(133(9,10)11)125(95)143-129(99)107/h19-66,69-76H,67-68H2,1-18H3. The Morgan fingerprint density at radius 2 is 0.418 bits per heavy atom. The molecule has 6 aromatic heterocycles. The highest BCUT2D eigenvalue weighted by atomic mass is 16.4. The maximum Gasteiger partial charge on any atom is 0.159 e. The Bertz CT molecular complexity index is 10000. The number of fused-ring (bicyclic) bond motifs is 26. The number of hydrogen-bond acceptors (Lipinski definition) is 10. The van der Waals surface area contributed by atoms with E-state index >= 15 is 0 Å². The number of furan rings is 6. The molecule has 20 aromatic carbocycles. The van der Waals surface area contributed by atoms with Crippen LogP contribution in [-0.2, 0) is 21.7 Å². The SMILES string of the molecule is Cc1ccc(C)c(N(c2cc3oc4cc(N(c5cc(C)ccc5C)c5cccc6c5oc5c(C(C)(C)CCC(C)(C)c7cccc8c7oc7c(N(c9ccc(C)c(C)c9)c9cc%10oc%11cc(N(c%12ccc(C)c(C)c%12)c%12cccc%13c%12oc%12c(C(C)(C)C)cccc%12%13)c%12ccccc%12c%11c%10c%10ccccc9%10)cccc78)cccc56)c5ccccc5c4c3c3ccccc23)c2cccc3c2oc2c(C(C)(C)C)cccc23)c1. The zero-order valence-electron chi connectivity index (χ0n) is 86.0. The van der Waals surface area contributed by atoms with E-state index in [1.54, 1.807) is 0 Å². The van der Waals surface area contributed by atoms with E-state index in [4.69, 9.17) is 26.5 Å². The van der Waals surface area contributed by atoms with Crippen molar-refractivity contribution < 1.29 is 26.5 Å². The van der Waals surface area contributed by atoms with Gasteiger partial charge in [0.1, 0.15) is 44.7 Å². The van der Waals surface area contributed by atoms with Gasteiger partial charge in [-0.2, -0.15) is 0 Å². The van der Waals surface area contributed by atoms with Crippen molar-refractivity contribution in [1.82, 2.24) is 0 Å². The summed E-state index contributed by atoms with van der Waals surface area (Å²) in [6.45, 7) is 40.7. The van der Waals surface area contributed by atoms with Gasteiger partial charge in [-0.1, -0.05) is 324 Å². The Morgan fingerprint density at radius 3 is 0.705 bits per heavy atom. The van der Waals surface area contributed by atoms with Gasteiger partial charge in [-0.15, -0.1) is 0 Å². The summed E-state index contributed by atoms with van der Waals surface area (Å²) in [6.07, 6.45) is 1.66. The topological polar surface area (TPSA) is 91.8 Å². The quantitative estimate of drug-likeness (QED) is 0.0878. The summed E-state index contributed by atoms with van der Waals surface area (Å²) in [4.78, 5) is 9.67. The molecule has 0 amide bonds. The molecular formula is C136H114N4O6. The molecule has 0 atom stereocenters. The molecule has 0 unspecified atom stereocenters. The number of rotatable bonds is 17. The third kappa shape index (κ3) is 13.9. The van der Waals surface area contributed by atoms with E-state index in [1.165, 1.54) is 33.4 Å². The molecule has 0 bridgehead atoms. The molecule has 146 heavy (non-hydrogen) atoms. The van der Waals surface area contributed by atoms with Crippen LogP contribution in [-0.4, -0.2) is 0 Å². The van der Waals surface area contributed by atoms with Gasteiger partial charge in [0.15, 0.2) is 22.3 Å². The fraction of sp³-hybridized carbons (Fsp3) is 0.176. The lowest BCUT2D eigenvalue weighted by Gasteiger charge is -2.32. The average molecular weight is 1900 g/mol. The van der Waals surface area contributed by atoms with E-state index in [0.717, 1.165) is 289 Å². The maximum absolute atomic E-state index is 7.74. The fourth-order valence-corrected chi connectivity index (χ4v) is 24.0. The van der Waals surface area contributed by atoms with Crippen LogP contribution >= 0.6 is 0 Å². The predicted octanol–water partition coefficient (Wildman–Crippen LogP) is 40.7. The zero-order valence-corrected chi connectivity index (χ0v) is 86.0. The molecule has 0 N–H and O–H groups in total. The molecule has 0 aliphatic heterocycles. The minimum Gasteiger partial charge on any atom is -0.456 e. The first-order valence-corrected chi connectivity index (χ1v) is 51.4. The number of hydrogen-bond donors (Lipinski definition) is 0. The lowest BCUT2D eigenvalue weighted by atomic mass is 9.72. The van der Waals surface area contributed by atoms with Gasteiger partial charge in [0.2, 0.25) is 0 Å². The normalized spacial score (nSPS) is 12.6. The Labute approximate surface area is 848 Å². The number of para-hydroxylation sites is 8. The van der Waals surface area contributed by atoms with Gasteiger partial charge < -0.3 is 46.1 Å². The van der Waals surface area contributed by atoms with Crippen LogP contribution < -0.4 is 19.6 Å². The highest BCUT2D eigenvalue weighted by Gasteiger charge is 2.38. The van der Waals surface area contributed by atoms with Crippen molar-refractivity contribution in [2.24, 2.45) is 0 Å². The third-order valence-corrected chi connectivity index (χ3v) is 32.0. The largest absolute Gasteiger partial charge is 0.456 e. The second-order valence-electron chi connectivity index (χ2n) is 44.4. The summed E-state index contributed by atoms with van der Waals surface area (Å²) >= 11 is 0. The molecule has 26 rings (SSSR count). The zero-order chi connectivity index (χ0) is 99.9. The van der Waals surface area contributed by atoms with Gasteiger partial charge in [0.25, 0.3) is 0 Å². The minimum absolute atomic E-state index is 0.151. The lowest BCUT2D eigenvalue weighted by molar-refractivity contribution is 0.374. The van der Waals surface area contributed by atoms with Crippen molar-refractivity contribution in [3.8, 4) is 0 Å². The maximum atomic E-state index is 7.74. The van der Waals surface area contributed by atoms with Crippen molar-refractivity contribution in [2.75, 3.05) is 19.6 Å². The van der Waals surface area contributed by atoms with Gasteiger partial charge in [-0.25, -0.2) is 0 Å². The summed E-state index contributed by atoms with van der Waals surface area (Å²) in [6, 6.07) is 125. The van der Waals surface area contributed by atoms with Crippen LogP contribution in [0.15, 0.2) is 366 Å². The lowest BCUT2D eigenvalue weighted by Crippen LogP contribution is -2.24.